The van der Waals surface area contributed by atoms with Crippen molar-refractivity contribution in [2.45, 2.75) is 19.3 Å². The zero-order chi connectivity index (χ0) is 9.52. The second-order valence-corrected chi connectivity index (χ2v) is 3.17. The van der Waals surface area contributed by atoms with E-state index in [0.717, 1.165) is 32.5 Å². The minimum atomic E-state index is 0.162. The number of amides is 1. The predicted octanol–water partition coefficient (Wildman–Crippen LogP) is 0.112. The van der Waals surface area contributed by atoms with Gasteiger partial charge >= 0.3 is 0 Å². The van der Waals surface area contributed by atoms with Crippen molar-refractivity contribution >= 4 is 5.91 Å². The molecule has 0 radical (unpaired) electrons. The smallest absolute Gasteiger partial charge is 0.236 e. The number of hydrogen-bond donors (Lipinski definition) is 1. The summed E-state index contributed by atoms with van der Waals surface area (Å²) < 4.78 is 0. The molecule has 0 aromatic carbocycles. The largest absolute Gasteiger partial charge is 0.342 e. The van der Waals surface area contributed by atoms with Gasteiger partial charge in [0.1, 0.15) is 0 Å². The topological polar surface area (TPSA) is 56.1 Å². The van der Waals surface area contributed by atoms with Crippen molar-refractivity contribution in [2.75, 3.05) is 26.2 Å². The van der Waals surface area contributed by atoms with Gasteiger partial charge in [0, 0.05) is 19.5 Å². The zero-order valence-electron chi connectivity index (χ0n) is 7.75. The summed E-state index contributed by atoms with van der Waals surface area (Å²) in [6.45, 7) is 2.93. The summed E-state index contributed by atoms with van der Waals surface area (Å²) in [5.41, 5.74) is 0. The van der Waals surface area contributed by atoms with Gasteiger partial charge in [0.05, 0.1) is 12.6 Å². The number of nitriles is 1. The van der Waals surface area contributed by atoms with E-state index in [9.17, 15) is 4.79 Å². The van der Waals surface area contributed by atoms with Crippen LogP contribution in [0.15, 0.2) is 0 Å². The minimum Gasteiger partial charge on any atom is -0.342 e. The molecular weight excluding hydrogens is 166 g/mol. The molecule has 0 bridgehead atoms. The van der Waals surface area contributed by atoms with Crippen LogP contribution in [-0.4, -0.2) is 37.0 Å². The van der Waals surface area contributed by atoms with E-state index >= 15 is 0 Å². The van der Waals surface area contributed by atoms with Crippen LogP contribution in [0.1, 0.15) is 19.3 Å². The number of carbonyl (C=O) groups is 1. The highest BCUT2D eigenvalue weighted by atomic mass is 16.2. The van der Waals surface area contributed by atoms with Gasteiger partial charge in [0.2, 0.25) is 5.91 Å². The number of nitrogens with one attached hydrogen (secondary N) is 1. The third-order valence-electron chi connectivity index (χ3n) is 2.13. The molecule has 1 N–H and O–H groups in total. The molecule has 4 heteroatoms. The van der Waals surface area contributed by atoms with Crippen molar-refractivity contribution in [3.05, 3.63) is 0 Å². The Morgan fingerprint density at radius 2 is 2.46 bits per heavy atom. The zero-order valence-corrected chi connectivity index (χ0v) is 7.75. The average Bonchev–Trinajstić information content (AvgIpc) is 2.32. The summed E-state index contributed by atoms with van der Waals surface area (Å²) in [5, 5.41) is 11.4. The molecule has 13 heavy (non-hydrogen) atoms. The third kappa shape index (κ3) is 3.43. The van der Waals surface area contributed by atoms with Gasteiger partial charge in [-0.15, -0.1) is 0 Å². The van der Waals surface area contributed by atoms with Crippen LogP contribution in [-0.2, 0) is 4.79 Å². The van der Waals surface area contributed by atoms with E-state index in [-0.39, 0.29) is 5.91 Å². The van der Waals surface area contributed by atoms with Gasteiger partial charge in [-0.05, 0) is 19.4 Å². The fourth-order valence-corrected chi connectivity index (χ4v) is 1.41. The van der Waals surface area contributed by atoms with Crippen molar-refractivity contribution < 1.29 is 4.79 Å². The SMILES string of the molecule is N#CCCCN1CCCNCC1=O. The van der Waals surface area contributed by atoms with Gasteiger partial charge in [-0.25, -0.2) is 0 Å². The summed E-state index contributed by atoms with van der Waals surface area (Å²) in [6.07, 6.45) is 2.34. The molecule has 72 valence electrons. The summed E-state index contributed by atoms with van der Waals surface area (Å²) in [4.78, 5) is 13.2. The van der Waals surface area contributed by atoms with Crippen molar-refractivity contribution in [3.8, 4) is 6.07 Å². The number of unbranched alkanes of at least 4 members (excludes halogenated alkanes) is 1. The lowest BCUT2D eigenvalue weighted by molar-refractivity contribution is -0.129. The molecule has 0 saturated carbocycles. The highest BCUT2D eigenvalue weighted by molar-refractivity contribution is 5.78. The summed E-state index contributed by atoms with van der Waals surface area (Å²) >= 11 is 0. The number of carbonyl (C=O) groups excluding carboxylic acids is 1. The first-order chi connectivity index (χ1) is 6.34. The Morgan fingerprint density at radius 1 is 1.62 bits per heavy atom. The van der Waals surface area contributed by atoms with E-state index < -0.39 is 0 Å². The van der Waals surface area contributed by atoms with Crippen LogP contribution < -0.4 is 5.32 Å². The minimum absolute atomic E-state index is 0.162. The van der Waals surface area contributed by atoms with E-state index in [1.807, 2.05) is 4.90 Å². The van der Waals surface area contributed by atoms with Crippen LogP contribution in [0.2, 0.25) is 0 Å². The Labute approximate surface area is 78.5 Å². The maximum atomic E-state index is 11.4. The molecule has 1 heterocycles. The molecule has 0 aliphatic carbocycles. The molecule has 1 saturated heterocycles. The molecule has 1 aliphatic rings. The van der Waals surface area contributed by atoms with Crippen molar-refractivity contribution in [1.29, 1.82) is 5.26 Å². The van der Waals surface area contributed by atoms with Crippen LogP contribution in [0.4, 0.5) is 0 Å². The highest BCUT2D eigenvalue weighted by Crippen LogP contribution is 1.99. The van der Waals surface area contributed by atoms with E-state index in [4.69, 9.17) is 5.26 Å². The number of hydrogen-bond acceptors (Lipinski definition) is 3. The maximum Gasteiger partial charge on any atom is 0.236 e. The highest BCUT2D eigenvalue weighted by Gasteiger charge is 2.14. The first-order valence-electron chi connectivity index (χ1n) is 4.70. The molecule has 1 rings (SSSR count). The second kappa shape index (κ2) is 5.55. The normalized spacial score (nSPS) is 18.1. The van der Waals surface area contributed by atoms with Gasteiger partial charge in [0.15, 0.2) is 0 Å². The molecule has 1 aliphatic heterocycles. The van der Waals surface area contributed by atoms with Gasteiger partial charge < -0.3 is 10.2 Å². The summed E-state index contributed by atoms with van der Waals surface area (Å²) in [6, 6.07) is 2.08. The molecule has 1 amide bonds. The lowest BCUT2D eigenvalue weighted by Gasteiger charge is -2.18. The van der Waals surface area contributed by atoms with E-state index in [1.165, 1.54) is 0 Å². The Kier molecular flexibility index (Phi) is 4.27. The van der Waals surface area contributed by atoms with E-state index in [2.05, 4.69) is 11.4 Å². The molecule has 4 nitrogen and oxygen atoms in total. The van der Waals surface area contributed by atoms with E-state index in [1.54, 1.807) is 0 Å². The molecular formula is C9H15N3O. The quantitative estimate of drug-likeness (QED) is 0.629. The lowest BCUT2D eigenvalue weighted by Crippen LogP contribution is -2.35. The first kappa shape index (κ1) is 10.0. The molecule has 1 fully saturated rings. The summed E-state index contributed by atoms with van der Waals surface area (Å²) in [7, 11) is 0. The van der Waals surface area contributed by atoms with Crippen molar-refractivity contribution in [1.82, 2.24) is 10.2 Å². The Balaban J connectivity index is 2.29. The fourth-order valence-electron chi connectivity index (χ4n) is 1.41. The first-order valence-corrected chi connectivity index (χ1v) is 4.70. The standard InChI is InChI=1S/C9H15N3O/c10-4-1-2-6-12-7-3-5-11-8-9(12)13/h11H,1-3,5-8H2. The predicted molar refractivity (Wildman–Crippen MR) is 48.9 cm³/mol. The van der Waals surface area contributed by atoms with Crippen LogP contribution in [0.25, 0.3) is 0 Å². The van der Waals surface area contributed by atoms with Crippen molar-refractivity contribution in [3.63, 3.8) is 0 Å². The van der Waals surface area contributed by atoms with Gasteiger partial charge in [-0.3, -0.25) is 4.79 Å². The monoisotopic (exact) mass is 181 g/mol. The fraction of sp³-hybridized carbons (Fsp3) is 0.778. The molecule has 0 spiro atoms. The van der Waals surface area contributed by atoms with Crippen molar-refractivity contribution in [2.24, 2.45) is 0 Å². The Bertz CT molecular complexity index is 209. The van der Waals surface area contributed by atoms with Gasteiger partial charge in [-0.1, -0.05) is 0 Å². The molecule has 0 aromatic heterocycles. The van der Waals surface area contributed by atoms with Crippen LogP contribution in [0.3, 0.4) is 0 Å². The number of rotatable bonds is 3. The van der Waals surface area contributed by atoms with Gasteiger partial charge in [0.25, 0.3) is 0 Å². The lowest BCUT2D eigenvalue weighted by atomic mass is 10.3. The average molecular weight is 181 g/mol. The van der Waals surface area contributed by atoms with E-state index in [0.29, 0.717) is 13.0 Å². The second-order valence-electron chi connectivity index (χ2n) is 3.17. The number of nitrogens with zero attached hydrogens (tertiary/aromatic N) is 2. The van der Waals surface area contributed by atoms with Crippen LogP contribution >= 0.6 is 0 Å². The maximum absolute atomic E-state index is 11.4. The van der Waals surface area contributed by atoms with Gasteiger partial charge in [-0.2, -0.15) is 5.26 Å². The Morgan fingerprint density at radius 3 is 3.23 bits per heavy atom. The van der Waals surface area contributed by atoms with Crippen LogP contribution in [0, 0.1) is 11.3 Å². The Hall–Kier alpha value is -1.08. The molecule has 0 unspecified atom stereocenters. The summed E-state index contributed by atoms with van der Waals surface area (Å²) in [5.74, 6) is 0.162. The molecule has 0 aromatic rings. The molecule has 0 atom stereocenters. The van der Waals surface area contributed by atoms with Crippen LogP contribution in [0.5, 0.6) is 0 Å². The third-order valence-corrected chi connectivity index (χ3v) is 2.13.